The van der Waals surface area contributed by atoms with E-state index in [1.165, 1.54) is 0 Å². The predicted molar refractivity (Wildman–Crippen MR) is 65.1 cm³/mol. The first-order valence-electron chi connectivity index (χ1n) is 6.00. The van der Waals surface area contributed by atoms with Crippen molar-refractivity contribution in [1.82, 2.24) is 4.98 Å². The summed E-state index contributed by atoms with van der Waals surface area (Å²) in [5.41, 5.74) is 3.92. The third kappa shape index (κ3) is 3.35. The van der Waals surface area contributed by atoms with Crippen molar-refractivity contribution in [2.75, 3.05) is 11.9 Å². The first-order valence-corrected chi connectivity index (χ1v) is 6.00. The van der Waals surface area contributed by atoms with Gasteiger partial charge < -0.3 is 11.1 Å². The van der Waals surface area contributed by atoms with Crippen molar-refractivity contribution in [3.63, 3.8) is 0 Å². The van der Waals surface area contributed by atoms with E-state index >= 15 is 0 Å². The Kier molecular flexibility index (Phi) is 3.80. The largest absolute Gasteiger partial charge is 0.433 e. The Bertz CT molecular complexity index is 517. The van der Waals surface area contributed by atoms with Gasteiger partial charge in [0.15, 0.2) is 0 Å². The highest BCUT2D eigenvalue weighted by Crippen LogP contribution is 2.34. The zero-order chi connectivity index (χ0) is 14.9. The molecule has 0 amide bonds. The average molecular weight is 290 g/mol. The smallest absolute Gasteiger partial charge is 0.378 e. The van der Waals surface area contributed by atoms with Crippen LogP contribution in [0.5, 0.6) is 0 Å². The van der Waals surface area contributed by atoms with Crippen LogP contribution in [0.3, 0.4) is 0 Å². The summed E-state index contributed by atoms with van der Waals surface area (Å²) in [7, 11) is 0. The minimum atomic E-state index is -4.65. The third-order valence-corrected chi connectivity index (χ3v) is 3.13. The minimum Gasteiger partial charge on any atom is -0.378 e. The van der Waals surface area contributed by atoms with Gasteiger partial charge in [0.05, 0.1) is 4.92 Å². The zero-order valence-electron chi connectivity index (χ0n) is 10.4. The molecule has 1 atom stereocenters. The molecule has 0 aromatic carbocycles. The summed E-state index contributed by atoms with van der Waals surface area (Å²) in [6, 6.07) is 0.412. The fourth-order valence-electron chi connectivity index (χ4n) is 1.81. The van der Waals surface area contributed by atoms with Gasteiger partial charge in [-0.05, 0) is 24.8 Å². The number of nitrogens with two attached hydrogens (primary N) is 1. The number of pyridine rings is 1. The third-order valence-electron chi connectivity index (χ3n) is 3.13. The zero-order valence-corrected chi connectivity index (χ0v) is 10.4. The van der Waals surface area contributed by atoms with Gasteiger partial charge in [-0.3, -0.25) is 10.1 Å². The highest BCUT2D eigenvalue weighted by atomic mass is 19.4. The maximum absolute atomic E-state index is 12.6. The molecule has 3 N–H and O–H groups in total. The molecule has 2 rings (SSSR count). The fraction of sp³-hybridized carbons (Fsp3) is 0.545. The first kappa shape index (κ1) is 14.5. The van der Waals surface area contributed by atoms with Gasteiger partial charge in [-0.1, -0.05) is 0 Å². The van der Waals surface area contributed by atoms with E-state index in [4.69, 9.17) is 5.73 Å². The monoisotopic (exact) mass is 290 g/mol. The lowest BCUT2D eigenvalue weighted by atomic mass is 10.2. The van der Waals surface area contributed by atoms with E-state index in [-0.39, 0.29) is 18.3 Å². The first-order chi connectivity index (χ1) is 9.29. The number of nitro groups is 1. The van der Waals surface area contributed by atoms with E-state index in [0.29, 0.717) is 18.2 Å². The summed E-state index contributed by atoms with van der Waals surface area (Å²) in [4.78, 5) is 13.1. The van der Waals surface area contributed by atoms with Crippen molar-refractivity contribution in [2.24, 2.45) is 11.7 Å². The Balaban J connectivity index is 2.19. The number of rotatable bonds is 5. The Morgan fingerprint density at radius 2 is 2.20 bits per heavy atom. The van der Waals surface area contributed by atoms with Crippen LogP contribution in [0.15, 0.2) is 12.3 Å². The van der Waals surface area contributed by atoms with Gasteiger partial charge in [-0.15, -0.1) is 0 Å². The van der Waals surface area contributed by atoms with Crippen LogP contribution in [0.25, 0.3) is 0 Å². The SMILES string of the molecule is NC(CNc1cc(C(F)(F)F)ncc1[N+](=O)[O-])C1CC1. The molecule has 0 spiro atoms. The van der Waals surface area contributed by atoms with Crippen molar-refractivity contribution in [3.8, 4) is 0 Å². The van der Waals surface area contributed by atoms with Crippen LogP contribution in [0.4, 0.5) is 24.5 Å². The van der Waals surface area contributed by atoms with Gasteiger partial charge in [0.1, 0.15) is 17.6 Å². The van der Waals surface area contributed by atoms with Crippen molar-refractivity contribution in [3.05, 3.63) is 28.1 Å². The molecule has 1 heterocycles. The standard InChI is InChI=1S/C11H13F3N4O2/c12-11(13,14)10-3-8(9(5-17-10)18(19)20)16-4-7(15)6-1-2-6/h3,5-7H,1-2,4,15H2,(H,16,17). The number of nitrogens with one attached hydrogen (secondary N) is 1. The number of hydrogen-bond acceptors (Lipinski definition) is 5. The van der Waals surface area contributed by atoms with E-state index in [9.17, 15) is 23.3 Å². The molecular weight excluding hydrogens is 277 g/mol. The lowest BCUT2D eigenvalue weighted by Crippen LogP contribution is -2.31. The number of hydrogen-bond donors (Lipinski definition) is 2. The Morgan fingerprint density at radius 3 is 2.70 bits per heavy atom. The molecule has 1 aromatic heterocycles. The minimum absolute atomic E-state index is 0.187. The van der Waals surface area contributed by atoms with Crippen molar-refractivity contribution in [1.29, 1.82) is 0 Å². The number of nitrogens with zero attached hydrogens (tertiary/aromatic N) is 2. The highest BCUT2D eigenvalue weighted by Gasteiger charge is 2.34. The van der Waals surface area contributed by atoms with Crippen molar-refractivity contribution < 1.29 is 18.1 Å². The maximum Gasteiger partial charge on any atom is 0.433 e. The molecule has 9 heteroatoms. The molecule has 6 nitrogen and oxygen atoms in total. The molecule has 1 unspecified atom stereocenters. The topological polar surface area (TPSA) is 94.1 Å². The van der Waals surface area contributed by atoms with Gasteiger partial charge in [0.2, 0.25) is 0 Å². The van der Waals surface area contributed by atoms with E-state index in [2.05, 4.69) is 10.3 Å². The molecule has 110 valence electrons. The lowest BCUT2D eigenvalue weighted by molar-refractivity contribution is -0.384. The van der Waals surface area contributed by atoms with Crippen LogP contribution < -0.4 is 11.1 Å². The number of halogens is 3. The second-order valence-corrected chi connectivity index (χ2v) is 4.72. The van der Waals surface area contributed by atoms with Crippen LogP contribution in [0.2, 0.25) is 0 Å². The van der Waals surface area contributed by atoms with Gasteiger partial charge in [-0.25, -0.2) is 4.98 Å². The molecule has 0 aliphatic heterocycles. The summed E-state index contributed by atoms with van der Waals surface area (Å²) in [6.07, 6.45) is -2.08. The summed E-state index contributed by atoms with van der Waals surface area (Å²) in [6.45, 7) is 0.187. The Labute approximate surface area is 112 Å². The molecule has 1 fully saturated rings. The Morgan fingerprint density at radius 1 is 1.55 bits per heavy atom. The van der Waals surface area contributed by atoms with Crippen LogP contribution in [0.1, 0.15) is 18.5 Å². The van der Waals surface area contributed by atoms with Gasteiger partial charge >= 0.3 is 11.9 Å². The van der Waals surface area contributed by atoms with E-state index in [0.717, 1.165) is 12.8 Å². The molecule has 1 aliphatic rings. The summed E-state index contributed by atoms with van der Waals surface area (Å²) in [5.74, 6) is 0.338. The van der Waals surface area contributed by atoms with E-state index in [1.54, 1.807) is 0 Å². The van der Waals surface area contributed by atoms with Crippen molar-refractivity contribution in [2.45, 2.75) is 25.1 Å². The fourth-order valence-corrected chi connectivity index (χ4v) is 1.81. The predicted octanol–water partition coefficient (Wildman–Crippen LogP) is 2.16. The van der Waals surface area contributed by atoms with Gasteiger partial charge in [0.25, 0.3) is 0 Å². The summed E-state index contributed by atoms with van der Waals surface area (Å²) in [5, 5.41) is 13.4. The van der Waals surface area contributed by atoms with Gasteiger partial charge in [-0.2, -0.15) is 13.2 Å². The molecule has 20 heavy (non-hydrogen) atoms. The van der Waals surface area contributed by atoms with Crippen LogP contribution in [0, 0.1) is 16.0 Å². The molecule has 1 aliphatic carbocycles. The second-order valence-electron chi connectivity index (χ2n) is 4.72. The van der Waals surface area contributed by atoms with Crippen molar-refractivity contribution >= 4 is 11.4 Å². The molecule has 0 saturated heterocycles. The number of aromatic nitrogens is 1. The van der Waals surface area contributed by atoms with E-state index in [1.807, 2.05) is 0 Å². The van der Waals surface area contributed by atoms with Gasteiger partial charge in [0, 0.05) is 12.6 Å². The highest BCUT2D eigenvalue weighted by molar-refractivity contribution is 5.61. The molecular formula is C11H13F3N4O2. The molecule has 1 saturated carbocycles. The lowest BCUT2D eigenvalue weighted by Gasteiger charge is -2.14. The molecule has 0 radical (unpaired) electrons. The van der Waals surface area contributed by atoms with Crippen LogP contribution >= 0.6 is 0 Å². The number of anilines is 1. The Hall–Kier alpha value is -1.90. The van der Waals surface area contributed by atoms with Crippen LogP contribution in [-0.2, 0) is 6.18 Å². The average Bonchev–Trinajstić information content (AvgIpc) is 3.18. The number of alkyl halides is 3. The second kappa shape index (κ2) is 5.23. The summed E-state index contributed by atoms with van der Waals surface area (Å²) >= 11 is 0. The quantitative estimate of drug-likeness (QED) is 0.640. The molecule has 1 aromatic rings. The normalized spacial score (nSPS) is 16.8. The summed E-state index contributed by atoms with van der Waals surface area (Å²) < 4.78 is 37.7. The van der Waals surface area contributed by atoms with E-state index < -0.39 is 22.5 Å². The maximum atomic E-state index is 12.6. The van der Waals surface area contributed by atoms with Crippen LogP contribution in [-0.4, -0.2) is 22.5 Å². The molecule has 0 bridgehead atoms.